The molecule has 2 aromatic heterocycles. The fourth-order valence-electron chi connectivity index (χ4n) is 1.45. The van der Waals surface area contributed by atoms with Gasteiger partial charge in [0.1, 0.15) is 4.88 Å². The quantitative estimate of drug-likeness (QED) is 0.926. The largest absolute Gasteiger partial charge is 0.477 e. The van der Waals surface area contributed by atoms with E-state index in [0.717, 1.165) is 15.7 Å². The summed E-state index contributed by atoms with van der Waals surface area (Å²) >= 11 is 2.90. The monoisotopic (exact) mass is 268 g/mol. The van der Waals surface area contributed by atoms with Gasteiger partial charge in [0, 0.05) is 12.4 Å². The van der Waals surface area contributed by atoms with Crippen molar-refractivity contribution in [3.8, 4) is 0 Å². The predicted molar refractivity (Wildman–Crippen MR) is 70.2 cm³/mol. The maximum atomic E-state index is 10.8. The average molecular weight is 268 g/mol. The van der Waals surface area contributed by atoms with Crippen LogP contribution in [-0.2, 0) is 6.54 Å². The maximum absolute atomic E-state index is 10.8. The van der Waals surface area contributed by atoms with Crippen LogP contribution in [0.2, 0.25) is 0 Å². The third-order valence-corrected chi connectivity index (χ3v) is 4.25. The van der Waals surface area contributed by atoms with Crippen LogP contribution in [0.15, 0.2) is 17.5 Å². The van der Waals surface area contributed by atoms with Crippen LogP contribution in [0.25, 0.3) is 0 Å². The maximum Gasteiger partial charge on any atom is 0.345 e. The molecule has 90 valence electrons. The first-order valence-electron chi connectivity index (χ1n) is 5.01. The van der Waals surface area contributed by atoms with Crippen LogP contribution in [-0.4, -0.2) is 23.1 Å². The Kier molecular flexibility index (Phi) is 3.44. The number of aryl methyl sites for hydroxylation is 1. The van der Waals surface area contributed by atoms with Gasteiger partial charge in [-0.2, -0.15) is 0 Å². The highest BCUT2D eigenvalue weighted by Gasteiger charge is 2.11. The van der Waals surface area contributed by atoms with Crippen LogP contribution in [0.5, 0.6) is 0 Å². The molecule has 17 heavy (non-hydrogen) atoms. The molecule has 0 aliphatic carbocycles. The number of hydrogen-bond donors (Lipinski definition) is 1. The minimum Gasteiger partial charge on any atom is -0.477 e. The van der Waals surface area contributed by atoms with E-state index >= 15 is 0 Å². The van der Waals surface area contributed by atoms with E-state index in [2.05, 4.69) is 4.98 Å². The molecule has 0 atom stereocenters. The number of hydrogen-bond acceptors (Lipinski definition) is 5. The van der Waals surface area contributed by atoms with Gasteiger partial charge in [-0.15, -0.1) is 22.7 Å². The van der Waals surface area contributed by atoms with Crippen LogP contribution >= 0.6 is 22.7 Å². The lowest BCUT2D eigenvalue weighted by atomic mass is 10.4. The first-order chi connectivity index (χ1) is 8.06. The number of nitrogens with zero attached hydrogens (tertiary/aromatic N) is 2. The number of anilines is 1. The number of carbonyl (C=O) groups is 1. The lowest BCUT2D eigenvalue weighted by Crippen LogP contribution is -2.15. The number of rotatable bonds is 4. The molecule has 6 heteroatoms. The summed E-state index contributed by atoms with van der Waals surface area (Å²) in [4.78, 5) is 17.5. The summed E-state index contributed by atoms with van der Waals surface area (Å²) in [6, 6.07) is 3.46. The highest BCUT2D eigenvalue weighted by atomic mass is 32.1. The molecule has 0 saturated carbocycles. The van der Waals surface area contributed by atoms with Crippen molar-refractivity contribution in [3.63, 3.8) is 0 Å². The van der Waals surface area contributed by atoms with Crippen molar-refractivity contribution >= 4 is 33.6 Å². The molecule has 0 amide bonds. The van der Waals surface area contributed by atoms with Crippen molar-refractivity contribution < 1.29 is 9.90 Å². The number of carboxylic acid groups (broad SMARTS) is 1. The van der Waals surface area contributed by atoms with Crippen LogP contribution < -0.4 is 4.90 Å². The van der Waals surface area contributed by atoms with E-state index in [4.69, 9.17) is 5.11 Å². The predicted octanol–water partition coefficient (Wildman–Crippen LogP) is 2.85. The van der Waals surface area contributed by atoms with Crippen LogP contribution in [0.4, 0.5) is 5.00 Å². The zero-order valence-corrected chi connectivity index (χ0v) is 11.1. The number of aromatic nitrogens is 1. The first kappa shape index (κ1) is 12.1. The van der Waals surface area contributed by atoms with E-state index in [0.29, 0.717) is 11.4 Å². The fraction of sp³-hybridized carbons (Fsp3) is 0.273. The molecule has 0 saturated heterocycles. The van der Waals surface area contributed by atoms with Crippen molar-refractivity contribution in [2.75, 3.05) is 11.9 Å². The number of thiazole rings is 1. The molecular formula is C11H12N2O2S2. The van der Waals surface area contributed by atoms with Gasteiger partial charge in [-0.25, -0.2) is 9.78 Å². The van der Waals surface area contributed by atoms with Crippen molar-refractivity contribution in [1.29, 1.82) is 0 Å². The Morgan fingerprint density at radius 1 is 1.53 bits per heavy atom. The molecule has 0 fully saturated rings. The molecule has 0 radical (unpaired) electrons. The molecule has 2 heterocycles. The first-order valence-corrected chi connectivity index (χ1v) is 6.71. The van der Waals surface area contributed by atoms with Crippen molar-refractivity contribution in [2.24, 2.45) is 0 Å². The van der Waals surface area contributed by atoms with Crippen LogP contribution in [0.3, 0.4) is 0 Å². The molecule has 0 bridgehead atoms. The SMILES string of the molecule is Cc1nc(CN(C)c2ccc(C(=O)O)s2)cs1. The lowest BCUT2D eigenvalue weighted by Gasteiger charge is -2.14. The molecule has 0 unspecified atom stereocenters. The van der Waals surface area contributed by atoms with Gasteiger partial charge in [-0.3, -0.25) is 0 Å². The molecule has 1 N–H and O–H groups in total. The van der Waals surface area contributed by atoms with E-state index in [-0.39, 0.29) is 0 Å². The third-order valence-electron chi connectivity index (χ3n) is 2.24. The van der Waals surface area contributed by atoms with E-state index in [1.54, 1.807) is 17.4 Å². The minimum absolute atomic E-state index is 0.362. The molecule has 0 aromatic carbocycles. The number of aromatic carboxylic acids is 1. The van der Waals surface area contributed by atoms with E-state index in [1.807, 2.05) is 30.3 Å². The number of carboxylic acids is 1. The Hall–Kier alpha value is -1.40. The second-order valence-corrected chi connectivity index (χ2v) is 5.78. The standard InChI is InChI=1S/C11H12N2O2S2/c1-7-12-8(6-16-7)5-13(2)10-4-3-9(17-10)11(14)15/h3-4,6H,5H2,1-2H3,(H,14,15). The van der Waals surface area contributed by atoms with Crippen molar-refractivity contribution in [1.82, 2.24) is 4.98 Å². The molecule has 4 nitrogen and oxygen atoms in total. The second kappa shape index (κ2) is 4.85. The summed E-state index contributed by atoms with van der Waals surface area (Å²) in [7, 11) is 1.94. The van der Waals surface area contributed by atoms with Gasteiger partial charge in [0.15, 0.2) is 0 Å². The van der Waals surface area contributed by atoms with Crippen molar-refractivity contribution in [2.45, 2.75) is 13.5 Å². The Morgan fingerprint density at radius 2 is 2.29 bits per heavy atom. The molecule has 0 spiro atoms. The Balaban J connectivity index is 2.08. The normalized spacial score (nSPS) is 10.5. The third kappa shape index (κ3) is 2.83. The molecule has 2 rings (SSSR count). The zero-order chi connectivity index (χ0) is 12.4. The second-order valence-electron chi connectivity index (χ2n) is 3.66. The Labute approximate surface area is 107 Å². The zero-order valence-electron chi connectivity index (χ0n) is 9.51. The van der Waals surface area contributed by atoms with E-state index < -0.39 is 5.97 Å². The summed E-state index contributed by atoms with van der Waals surface area (Å²) in [5.74, 6) is -0.876. The van der Waals surface area contributed by atoms with Gasteiger partial charge in [0.25, 0.3) is 0 Å². The van der Waals surface area contributed by atoms with Gasteiger partial charge < -0.3 is 10.0 Å². The average Bonchev–Trinajstić information content (AvgIpc) is 2.86. The smallest absolute Gasteiger partial charge is 0.345 e. The lowest BCUT2D eigenvalue weighted by molar-refractivity contribution is 0.0702. The highest BCUT2D eigenvalue weighted by Crippen LogP contribution is 2.26. The molecule has 0 aliphatic rings. The summed E-state index contributed by atoms with van der Waals surface area (Å²) in [5, 5.41) is 12.9. The van der Waals surface area contributed by atoms with E-state index in [9.17, 15) is 4.79 Å². The summed E-state index contributed by atoms with van der Waals surface area (Å²) in [5.41, 5.74) is 1.01. The van der Waals surface area contributed by atoms with Gasteiger partial charge in [0.2, 0.25) is 0 Å². The van der Waals surface area contributed by atoms with Gasteiger partial charge in [-0.05, 0) is 19.1 Å². The van der Waals surface area contributed by atoms with Crippen molar-refractivity contribution in [3.05, 3.63) is 33.1 Å². The minimum atomic E-state index is -0.876. The van der Waals surface area contributed by atoms with Crippen LogP contribution in [0.1, 0.15) is 20.4 Å². The van der Waals surface area contributed by atoms with Gasteiger partial charge >= 0.3 is 5.97 Å². The molecular weight excluding hydrogens is 256 g/mol. The highest BCUT2D eigenvalue weighted by molar-refractivity contribution is 7.17. The van der Waals surface area contributed by atoms with Gasteiger partial charge in [0.05, 0.1) is 22.2 Å². The summed E-state index contributed by atoms with van der Waals surface area (Å²) in [6.45, 7) is 2.67. The van der Waals surface area contributed by atoms with E-state index in [1.165, 1.54) is 11.3 Å². The van der Waals surface area contributed by atoms with Crippen LogP contribution in [0, 0.1) is 6.92 Å². The number of thiophene rings is 1. The topological polar surface area (TPSA) is 53.4 Å². The molecule has 0 aliphatic heterocycles. The fourth-order valence-corrected chi connectivity index (χ4v) is 2.86. The summed E-state index contributed by atoms with van der Waals surface area (Å²) < 4.78 is 0. The van der Waals surface area contributed by atoms with Gasteiger partial charge in [-0.1, -0.05) is 0 Å². The Bertz CT molecular complexity index is 533. The summed E-state index contributed by atoms with van der Waals surface area (Å²) in [6.07, 6.45) is 0. The molecule has 2 aromatic rings. The Morgan fingerprint density at radius 3 is 2.82 bits per heavy atom.